The van der Waals surface area contributed by atoms with Crippen LogP contribution in [0.25, 0.3) is 11.0 Å². The number of benzene rings is 1. The van der Waals surface area contributed by atoms with Gasteiger partial charge in [0, 0.05) is 0 Å². The molecule has 3 rings (SSSR count). The van der Waals surface area contributed by atoms with Crippen LogP contribution in [0, 0.1) is 12.8 Å². The van der Waals surface area contributed by atoms with Crippen molar-refractivity contribution in [2.24, 2.45) is 5.92 Å². The summed E-state index contributed by atoms with van der Waals surface area (Å²) in [5.74, 6) is 1.79. The number of piperidine rings is 1. The Morgan fingerprint density at radius 1 is 1.41 bits per heavy atom. The van der Waals surface area contributed by atoms with Crippen LogP contribution in [-0.2, 0) is 6.42 Å². The topological polar surface area (TPSA) is 40.7 Å². The fourth-order valence-electron chi connectivity index (χ4n) is 2.74. The smallest absolute Gasteiger partial charge is 0.104 e. The van der Waals surface area contributed by atoms with E-state index in [1.165, 1.54) is 43.4 Å². The number of imidazole rings is 1. The third-order valence-corrected chi connectivity index (χ3v) is 3.59. The third-order valence-electron chi connectivity index (χ3n) is 3.59. The Balaban J connectivity index is 1.79. The van der Waals surface area contributed by atoms with E-state index < -0.39 is 0 Å². The summed E-state index contributed by atoms with van der Waals surface area (Å²) in [5, 5.41) is 3.48. The zero-order valence-corrected chi connectivity index (χ0v) is 10.3. The van der Waals surface area contributed by atoms with E-state index in [4.69, 9.17) is 0 Å². The number of hydrogen-bond donors (Lipinski definition) is 2. The molecule has 3 heteroatoms. The fourth-order valence-corrected chi connectivity index (χ4v) is 2.74. The average molecular weight is 229 g/mol. The van der Waals surface area contributed by atoms with Crippen LogP contribution in [-0.4, -0.2) is 23.1 Å². The van der Waals surface area contributed by atoms with E-state index in [-0.39, 0.29) is 0 Å². The lowest BCUT2D eigenvalue weighted by Crippen LogP contribution is -2.30. The van der Waals surface area contributed by atoms with E-state index in [0.717, 1.165) is 17.3 Å². The van der Waals surface area contributed by atoms with Crippen LogP contribution >= 0.6 is 0 Å². The largest absolute Gasteiger partial charge is 0.342 e. The van der Waals surface area contributed by atoms with Crippen LogP contribution in [0.5, 0.6) is 0 Å². The lowest BCUT2D eigenvalue weighted by molar-refractivity contribution is 0.376. The molecule has 1 fully saturated rings. The number of aromatic nitrogens is 2. The Bertz CT molecular complexity index is 509. The second-order valence-corrected chi connectivity index (χ2v) is 5.09. The van der Waals surface area contributed by atoms with Crippen LogP contribution in [0.1, 0.15) is 24.2 Å². The van der Waals surface area contributed by atoms with E-state index in [1.807, 2.05) is 6.92 Å². The van der Waals surface area contributed by atoms with Gasteiger partial charge in [-0.2, -0.15) is 0 Å². The zero-order valence-electron chi connectivity index (χ0n) is 10.3. The maximum Gasteiger partial charge on any atom is 0.104 e. The van der Waals surface area contributed by atoms with Crippen LogP contribution in [0.2, 0.25) is 0 Å². The van der Waals surface area contributed by atoms with Crippen molar-refractivity contribution in [2.45, 2.75) is 26.2 Å². The number of aromatic amines is 1. The summed E-state index contributed by atoms with van der Waals surface area (Å²) >= 11 is 0. The molecule has 17 heavy (non-hydrogen) atoms. The summed E-state index contributed by atoms with van der Waals surface area (Å²) in [7, 11) is 0. The molecule has 0 aliphatic carbocycles. The van der Waals surface area contributed by atoms with Gasteiger partial charge in [0.2, 0.25) is 0 Å². The molecule has 1 aliphatic rings. The van der Waals surface area contributed by atoms with Crippen molar-refractivity contribution in [3.05, 3.63) is 29.6 Å². The molecule has 0 saturated carbocycles. The Kier molecular flexibility index (Phi) is 2.85. The van der Waals surface area contributed by atoms with Gasteiger partial charge < -0.3 is 10.3 Å². The van der Waals surface area contributed by atoms with Gasteiger partial charge in [0.25, 0.3) is 0 Å². The highest BCUT2D eigenvalue weighted by atomic mass is 14.9. The average Bonchev–Trinajstić information content (AvgIpc) is 2.70. The molecule has 90 valence electrons. The highest BCUT2D eigenvalue weighted by Crippen LogP contribution is 2.19. The molecule has 1 atom stereocenters. The minimum absolute atomic E-state index is 0.796. The first-order chi connectivity index (χ1) is 8.31. The quantitative estimate of drug-likeness (QED) is 0.830. The second kappa shape index (κ2) is 4.49. The number of aryl methyl sites for hydroxylation is 1. The lowest BCUT2D eigenvalue weighted by atomic mass is 9.92. The summed E-state index contributed by atoms with van der Waals surface area (Å²) < 4.78 is 0. The Morgan fingerprint density at radius 3 is 3.18 bits per heavy atom. The zero-order chi connectivity index (χ0) is 11.7. The van der Waals surface area contributed by atoms with Crippen LogP contribution in [0.3, 0.4) is 0 Å². The predicted octanol–water partition coefficient (Wildman–Crippen LogP) is 2.41. The second-order valence-electron chi connectivity index (χ2n) is 5.09. The van der Waals surface area contributed by atoms with Gasteiger partial charge in [0.15, 0.2) is 0 Å². The summed E-state index contributed by atoms with van der Waals surface area (Å²) in [6.07, 6.45) is 3.85. The van der Waals surface area contributed by atoms with Crippen molar-refractivity contribution in [1.29, 1.82) is 0 Å². The maximum atomic E-state index is 4.43. The molecule has 1 aliphatic heterocycles. The third kappa shape index (κ3) is 2.34. The summed E-state index contributed by atoms with van der Waals surface area (Å²) in [6.45, 7) is 4.36. The molecule has 1 unspecified atom stereocenters. The first-order valence-electron chi connectivity index (χ1n) is 6.47. The molecule has 0 spiro atoms. The molecular formula is C14H19N3. The molecular weight excluding hydrogens is 210 g/mol. The van der Waals surface area contributed by atoms with Gasteiger partial charge in [0.1, 0.15) is 5.82 Å². The first kappa shape index (κ1) is 10.8. The number of H-pyrrole nitrogens is 1. The number of nitrogens with one attached hydrogen (secondary N) is 2. The lowest BCUT2D eigenvalue weighted by Gasteiger charge is -2.22. The standard InChI is InChI=1S/C14H19N3/c1-10-16-13-5-4-11(8-14(13)17-10)7-12-3-2-6-15-9-12/h4-5,8,12,15H,2-3,6-7,9H2,1H3,(H,16,17). The highest BCUT2D eigenvalue weighted by Gasteiger charge is 2.13. The van der Waals surface area contributed by atoms with Crippen LogP contribution < -0.4 is 5.32 Å². The predicted molar refractivity (Wildman–Crippen MR) is 70.1 cm³/mol. The Labute approximate surface area is 102 Å². The van der Waals surface area contributed by atoms with E-state index in [2.05, 4.69) is 33.5 Å². The molecule has 1 aromatic heterocycles. The molecule has 1 aromatic carbocycles. The molecule has 0 radical (unpaired) electrons. The van der Waals surface area contributed by atoms with Gasteiger partial charge in [-0.3, -0.25) is 0 Å². The van der Waals surface area contributed by atoms with Crippen molar-refractivity contribution < 1.29 is 0 Å². The first-order valence-corrected chi connectivity index (χ1v) is 6.47. The monoisotopic (exact) mass is 229 g/mol. The van der Waals surface area contributed by atoms with E-state index in [0.29, 0.717) is 0 Å². The van der Waals surface area contributed by atoms with E-state index in [9.17, 15) is 0 Å². The van der Waals surface area contributed by atoms with Gasteiger partial charge in [-0.25, -0.2) is 4.98 Å². The number of nitrogens with zero attached hydrogens (tertiary/aromatic N) is 1. The van der Waals surface area contributed by atoms with Crippen molar-refractivity contribution >= 4 is 11.0 Å². The van der Waals surface area contributed by atoms with Gasteiger partial charge in [-0.05, 0) is 62.9 Å². The molecule has 0 amide bonds. The van der Waals surface area contributed by atoms with Gasteiger partial charge >= 0.3 is 0 Å². The molecule has 0 bridgehead atoms. The van der Waals surface area contributed by atoms with E-state index in [1.54, 1.807) is 0 Å². The van der Waals surface area contributed by atoms with Crippen molar-refractivity contribution in [1.82, 2.24) is 15.3 Å². The Hall–Kier alpha value is -1.35. The van der Waals surface area contributed by atoms with Crippen molar-refractivity contribution in [3.8, 4) is 0 Å². The number of rotatable bonds is 2. The SMILES string of the molecule is Cc1nc2ccc(CC3CCCNC3)cc2[nH]1. The summed E-state index contributed by atoms with van der Waals surface area (Å²) in [5.41, 5.74) is 3.67. The molecule has 1 saturated heterocycles. The van der Waals surface area contributed by atoms with Crippen molar-refractivity contribution in [2.75, 3.05) is 13.1 Å². The van der Waals surface area contributed by atoms with Gasteiger partial charge in [-0.15, -0.1) is 0 Å². The molecule has 2 heterocycles. The molecule has 2 aromatic rings. The number of hydrogen-bond acceptors (Lipinski definition) is 2. The van der Waals surface area contributed by atoms with Crippen LogP contribution in [0.15, 0.2) is 18.2 Å². The Morgan fingerprint density at radius 2 is 2.35 bits per heavy atom. The minimum Gasteiger partial charge on any atom is -0.342 e. The fraction of sp³-hybridized carbons (Fsp3) is 0.500. The summed E-state index contributed by atoms with van der Waals surface area (Å²) in [4.78, 5) is 7.74. The molecule has 3 nitrogen and oxygen atoms in total. The van der Waals surface area contributed by atoms with Gasteiger partial charge in [-0.1, -0.05) is 6.07 Å². The minimum atomic E-state index is 0.796. The molecule has 2 N–H and O–H groups in total. The van der Waals surface area contributed by atoms with Crippen LogP contribution in [0.4, 0.5) is 0 Å². The van der Waals surface area contributed by atoms with E-state index >= 15 is 0 Å². The normalized spacial score (nSPS) is 20.9. The van der Waals surface area contributed by atoms with Crippen molar-refractivity contribution in [3.63, 3.8) is 0 Å². The highest BCUT2D eigenvalue weighted by molar-refractivity contribution is 5.75. The maximum absolute atomic E-state index is 4.43. The number of fused-ring (bicyclic) bond motifs is 1. The summed E-state index contributed by atoms with van der Waals surface area (Å²) in [6, 6.07) is 6.60. The van der Waals surface area contributed by atoms with Gasteiger partial charge in [0.05, 0.1) is 11.0 Å².